The lowest BCUT2D eigenvalue weighted by molar-refractivity contribution is 0.253. The maximum absolute atomic E-state index is 12.8. The van der Waals surface area contributed by atoms with Crippen LogP contribution in [-0.4, -0.2) is 11.2 Å². The predicted molar refractivity (Wildman–Crippen MR) is 61.0 cm³/mol. The zero-order valence-electron chi connectivity index (χ0n) is 9.63. The molecule has 0 aromatic heterocycles. The highest BCUT2D eigenvalue weighted by atomic mass is 19.1. The molecule has 0 radical (unpaired) electrons. The van der Waals surface area contributed by atoms with Crippen molar-refractivity contribution in [2.24, 2.45) is 0 Å². The summed E-state index contributed by atoms with van der Waals surface area (Å²) in [7, 11) is 0. The van der Waals surface area contributed by atoms with E-state index in [0.29, 0.717) is 5.56 Å². The van der Waals surface area contributed by atoms with Crippen LogP contribution in [0.1, 0.15) is 31.9 Å². The van der Waals surface area contributed by atoms with Gasteiger partial charge in [0.2, 0.25) is 0 Å². The van der Waals surface area contributed by atoms with E-state index in [9.17, 15) is 4.39 Å². The van der Waals surface area contributed by atoms with E-state index < -0.39 is 6.10 Å². The zero-order valence-corrected chi connectivity index (χ0v) is 9.63. The minimum atomic E-state index is -0.677. The van der Waals surface area contributed by atoms with Gasteiger partial charge in [-0.25, -0.2) is 4.39 Å². The maximum atomic E-state index is 12.8. The second-order valence-electron chi connectivity index (χ2n) is 2.96. The molecule has 82 valence electrons. The second kappa shape index (κ2) is 7.03. The molecule has 1 nitrogen and oxygen atoms in total. The van der Waals surface area contributed by atoms with Crippen LogP contribution in [0, 0.1) is 24.6 Å². The van der Waals surface area contributed by atoms with E-state index in [4.69, 9.17) is 5.11 Å². The molecule has 0 bridgehead atoms. The Balaban J connectivity index is 0.000000921. The molecule has 1 N–H and O–H groups in total. The van der Waals surface area contributed by atoms with Crippen LogP contribution < -0.4 is 0 Å². The summed E-state index contributed by atoms with van der Waals surface area (Å²) in [6.07, 6.45) is -0.677. The molecular weight excluding hydrogens is 191 g/mol. The van der Waals surface area contributed by atoms with E-state index in [1.165, 1.54) is 12.1 Å². The monoisotopic (exact) mass is 208 g/mol. The first kappa shape index (κ1) is 13.7. The van der Waals surface area contributed by atoms with E-state index in [0.717, 1.165) is 5.56 Å². The van der Waals surface area contributed by atoms with Crippen molar-refractivity contribution in [1.82, 2.24) is 0 Å². The minimum Gasteiger partial charge on any atom is -0.381 e. The Kier molecular flexibility index (Phi) is 6.40. The molecule has 0 aliphatic heterocycles. The summed E-state index contributed by atoms with van der Waals surface area (Å²) in [5.41, 5.74) is 1.42. The van der Waals surface area contributed by atoms with Crippen molar-refractivity contribution in [3.8, 4) is 11.8 Å². The highest BCUT2D eigenvalue weighted by molar-refractivity contribution is 5.37. The number of aryl methyl sites for hydroxylation is 1. The summed E-state index contributed by atoms with van der Waals surface area (Å²) in [4.78, 5) is 0. The van der Waals surface area contributed by atoms with E-state index >= 15 is 0 Å². The third-order valence-corrected chi connectivity index (χ3v) is 1.47. The zero-order chi connectivity index (χ0) is 11.8. The molecule has 0 fully saturated rings. The number of halogens is 1. The molecule has 2 heteroatoms. The molecule has 0 amide bonds. The SMILES string of the molecule is CC.Cc1cc(F)cc(C#CC(C)O)c1. The number of aliphatic hydroxyl groups is 1. The Morgan fingerprint density at radius 2 is 1.87 bits per heavy atom. The van der Waals surface area contributed by atoms with Gasteiger partial charge in [-0.3, -0.25) is 0 Å². The molecule has 0 heterocycles. The Morgan fingerprint density at radius 3 is 2.33 bits per heavy atom. The van der Waals surface area contributed by atoms with Crippen molar-refractivity contribution < 1.29 is 9.50 Å². The largest absolute Gasteiger partial charge is 0.381 e. The molecule has 0 saturated carbocycles. The van der Waals surface area contributed by atoms with Gasteiger partial charge >= 0.3 is 0 Å². The van der Waals surface area contributed by atoms with Gasteiger partial charge in [-0.05, 0) is 37.6 Å². The fourth-order valence-electron chi connectivity index (χ4n) is 0.996. The van der Waals surface area contributed by atoms with E-state index in [-0.39, 0.29) is 5.82 Å². The van der Waals surface area contributed by atoms with Gasteiger partial charge in [-0.2, -0.15) is 0 Å². The molecular formula is C13H17FO. The third kappa shape index (κ3) is 5.87. The van der Waals surface area contributed by atoms with Gasteiger partial charge in [0, 0.05) is 5.56 Å². The molecule has 15 heavy (non-hydrogen) atoms. The van der Waals surface area contributed by atoms with Crippen LogP contribution >= 0.6 is 0 Å². The highest BCUT2D eigenvalue weighted by Gasteiger charge is 1.94. The summed E-state index contributed by atoms with van der Waals surface area (Å²) in [6.45, 7) is 7.37. The number of hydrogen-bond donors (Lipinski definition) is 1. The topological polar surface area (TPSA) is 20.2 Å². The van der Waals surface area contributed by atoms with Crippen LogP contribution in [0.3, 0.4) is 0 Å². The Bertz CT molecular complexity index is 338. The molecule has 0 aliphatic carbocycles. The lowest BCUT2D eigenvalue weighted by atomic mass is 10.1. The molecule has 1 rings (SSSR count). The molecule has 1 atom stereocenters. The van der Waals surface area contributed by atoms with Gasteiger partial charge < -0.3 is 5.11 Å². The first-order valence-corrected chi connectivity index (χ1v) is 5.05. The Morgan fingerprint density at radius 1 is 1.27 bits per heavy atom. The minimum absolute atomic E-state index is 0.296. The number of hydrogen-bond acceptors (Lipinski definition) is 1. The summed E-state index contributed by atoms with van der Waals surface area (Å²) >= 11 is 0. The van der Waals surface area contributed by atoms with Crippen molar-refractivity contribution in [2.45, 2.75) is 33.8 Å². The normalized spacial score (nSPS) is 10.5. The van der Waals surface area contributed by atoms with Gasteiger partial charge in [0.1, 0.15) is 11.9 Å². The lowest BCUT2D eigenvalue weighted by Gasteiger charge is -1.95. The molecule has 0 saturated heterocycles. The maximum Gasteiger partial charge on any atom is 0.124 e. The van der Waals surface area contributed by atoms with Gasteiger partial charge in [0.25, 0.3) is 0 Å². The highest BCUT2D eigenvalue weighted by Crippen LogP contribution is 2.06. The van der Waals surface area contributed by atoms with Crippen molar-refractivity contribution in [1.29, 1.82) is 0 Å². The number of aliphatic hydroxyl groups excluding tert-OH is 1. The Labute approximate surface area is 91.0 Å². The first-order valence-electron chi connectivity index (χ1n) is 5.05. The molecule has 1 aromatic rings. The van der Waals surface area contributed by atoms with Gasteiger partial charge in [-0.1, -0.05) is 25.7 Å². The summed E-state index contributed by atoms with van der Waals surface area (Å²) in [5, 5.41) is 8.88. The van der Waals surface area contributed by atoms with Crippen molar-refractivity contribution >= 4 is 0 Å². The summed E-state index contributed by atoms with van der Waals surface area (Å²) < 4.78 is 12.8. The molecule has 0 aliphatic rings. The van der Waals surface area contributed by atoms with Crippen LogP contribution in [0.5, 0.6) is 0 Å². The van der Waals surface area contributed by atoms with Gasteiger partial charge in [-0.15, -0.1) is 0 Å². The van der Waals surface area contributed by atoms with Crippen molar-refractivity contribution in [2.75, 3.05) is 0 Å². The third-order valence-electron chi connectivity index (χ3n) is 1.47. The lowest BCUT2D eigenvalue weighted by Crippen LogP contribution is -1.93. The smallest absolute Gasteiger partial charge is 0.124 e. The van der Waals surface area contributed by atoms with E-state index in [1.54, 1.807) is 19.9 Å². The van der Waals surface area contributed by atoms with Gasteiger partial charge in [0.05, 0.1) is 0 Å². The molecule has 0 spiro atoms. The fourth-order valence-corrected chi connectivity index (χ4v) is 0.996. The van der Waals surface area contributed by atoms with Crippen molar-refractivity contribution in [3.05, 3.63) is 35.1 Å². The van der Waals surface area contributed by atoms with Crippen molar-refractivity contribution in [3.63, 3.8) is 0 Å². The van der Waals surface area contributed by atoms with Crippen LogP contribution in [-0.2, 0) is 0 Å². The van der Waals surface area contributed by atoms with E-state index in [1.807, 2.05) is 13.8 Å². The summed E-state index contributed by atoms with van der Waals surface area (Å²) in [5.74, 6) is 4.94. The molecule has 1 aromatic carbocycles. The second-order valence-corrected chi connectivity index (χ2v) is 2.96. The average molecular weight is 208 g/mol. The summed E-state index contributed by atoms with van der Waals surface area (Å²) in [6, 6.07) is 4.56. The standard InChI is InChI=1S/C11H11FO.C2H6/c1-8-5-10(4-3-9(2)13)7-11(12)6-8;1-2/h5-7,9,13H,1-2H3;1-2H3. The van der Waals surface area contributed by atoms with Crippen LogP contribution in [0.2, 0.25) is 0 Å². The Hall–Kier alpha value is -1.33. The number of benzene rings is 1. The van der Waals surface area contributed by atoms with Crippen LogP contribution in [0.4, 0.5) is 4.39 Å². The first-order chi connectivity index (χ1) is 7.08. The molecule has 1 unspecified atom stereocenters. The van der Waals surface area contributed by atoms with Crippen LogP contribution in [0.15, 0.2) is 18.2 Å². The average Bonchev–Trinajstić information content (AvgIpc) is 2.16. The van der Waals surface area contributed by atoms with Gasteiger partial charge in [0.15, 0.2) is 0 Å². The van der Waals surface area contributed by atoms with Crippen LogP contribution in [0.25, 0.3) is 0 Å². The van der Waals surface area contributed by atoms with E-state index in [2.05, 4.69) is 11.8 Å². The fraction of sp³-hybridized carbons (Fsp3) is 0.385. The quantitative estimate of drug-likeness (QED) is 0.650. The number of rotatable bonds is 0. The predicted octanol–water partition coefficient (Wildman–Crippen LogP) is 2.89.